The number of esters is 1. The van der Waals surface area contributed by atoms with E-state index in [1.165, 1.54) is 12.1 Å². The number of hydrogen-bond acceptors (Lipinski definition) is 5. The number of halogens is 1. The number of rotatable bonds is 5. The van der Waals surface area contributed by atoms with Gasteiger partial charge in [0.1, 0.15) is 10.8 Å². The van der Waals surface area contributed by atoms with Crippen LogP contribution in [0.3, 0.4) is 0 Å². The van der Waals surface area contributed by atoms with Crippen molar-refractivity contribution in [2.24, 2.45) is 5.73 Å². The van der Waals surface area contributed by atoms with Crippen molar-refractivity contribution in [3.63, 3.8) is 0 Å². The van der Waals surface area contributed by atoms with Crippen molar-refractivity contribution in [2.45, 2.75) is 35.4 Å². The first kappa shape index (κ1) is 18.9. The maximum atomic E-state index is 13.2. The summed E-state index contributed by atoms with van der Waals surface area (Å²) < 4.78 is 31.4. The molecule has 2 N–H and O–H groups in total. The highest BCUT2D eigenvalue weighted by atomic mass is 35.5. The molecule has 2 aromatic carbocycles. The van der Waals surface area contributed by atoms with E-state index in [0.717, 1.165) is 5.56 Å². The van der Waals surface area contributed by atoms with E-state index in [0.29, 0.717) is 10.6 Å². The van der Waals surface area contributed by atoms with Crippen molar-refractivity contribution in [1.29, 1.82) is 0 Å². The second kappa shape index (κ2) is 6.68. The van der Waals surface area contributed by atoms with Crippen molar-refractivity contribution >= 4 is 27.4 Å². The van der Waals surface area contributed by atoms with Gasteiger partial charge in [0, 0.05) is 10.9 Å². The van der Waals surface area contributed by atoms with Gasteiger partial charge in [-0.25, -0.2) is 13.2 Å². The van der Waals surface area contributed by atoms with Gasteiger partial charge in [-0.3, -0.25) is 0 Å². The maximum absolute atomic E-state index is 13.2. The van der Waals surface area contributed by atoms with E-state index in [9.17, 15) is 13.2 Å². The molecule has 0 unspecified atom stereocenters. The summed E-state index contributed by atoms with van der Waals surface area (Å²) in [6.45, 7) is 3.66. The minimum atomic E-state index is -3.82. The van der Waals surface area contributed by atoms with Gasteiger partial charge in [-0.05, 0) is 43.7 Å². The minimum absolute atomic E-state index is 0.127. The Hall–Kier alpha value is -1.89. The fourth-order valence-electron chi connectivity index (χ4n) is 3.30. The third-order valence-corrected chi connectivity index (χ3v) is 7.23. The molecular formula is C19H20ClNO4S. The Labute approximate surface area is 158 Å². The molecule has 0 aromatic heterocycles. The summed E-state index contributed by atoms with van der Waals surface area (Å²) in [4.78, 5) is 12.6. The average molecular weight is 394 g/mol. The zero-order valence-corrected chi connectivity index (χ0v) is 16.0. The standard InChI is InChI=1S/C19H20ClNO4S/c1-3-25-18(22)19(21)16(13-6-8-14(20)9-7-13)17(19)26(23,24)15-10-4-12(2)5-11-15/h4-11,16-17H,3,21H2,1-2H3/t16-,17-,19+/m0/s1. The summed E-state index contributed by atoms with van der Waals surface area (Å²) in [7, 11) is -3.82. The first-order valence-electron chi connectivity index (χ1n) is 8.25. The third kappa shape index (κ3) is 3.02. The lowest BCUT2D eigenvalue weighted by Crippen LogP contribution is -2.41. The smallest absolute Gasteiger partial charge is 0.328 e. The molecule has 1 saturated carbocycles. The SMILES string of the molecule is CCOC(=O)[C@@]1(N)[C@@H](c2ccc(Cl)cc2)[C@@H]1S(=O)(=O)c1ccc(C)cc1. The highest BCUT2D eigenvalue weighted by Gasteiger charge is 2.74. The Morgan fingerprint density at radius 1 is 1.15 bits per heavy atom. The van der Waals surface area contributed by atoms with Gasteiger partial charge in [0.05, 0.1) is 11.5 Å². The van der Waals surface area contributed by atoms with Crippen LogP contribution >= 0.6 is 11.6 Å². The predicted octanol–water partition coefficient (Wildman–Crippen LogP) is 2.85. The second-order valence-electron chi connectivity index (χ2n) is 6.46. The molecule has 1 aliphatic rings. The molecule has 0 spiro atoms. The van der Waals surface area contributed by atoms with Crippen LogP contribution in [-0.2, 0) is 19.4 Å². The zero-order valence-electron chi connectivity index (χ0n) is 14.5. The molecule has 0 amide bonds. The van der Waals surface area contributed by atoms with Crippen LogP contribution in [0.15, 0.2) is 53.4 Å². The van der Waals surface area contributed by atoms with E-state index < -0.39 is 32.5 Å². The quantitative estimate of drug-likeness (QED) is 0.789. The van der Waals surface area contributed by atoms with Gasteiger partial charge in [0.15, 0.2) is 9.84 Å². The van der Waals surface area contributed by atoms with Gasteiger partial charge in [0.2, 0.25) is 0 Å². The van der Waals surface area contributed by atoms with Crippen LogP contribution in [0.1, 0.15) is 24.0 Å². The Bertz CT molecular complexity index is 925. The second-order valence-corrected chi connectivity index (χ2v) is 8.97. The van der Waals surface area contributed by atoms with Crippen molar-refractivity contribution < 1.29 is 17.9 Å². The summed E-state index contributed by atoms with van der Waals surface area (Å²) in [6, 6.07) is 13.2. The van der Waals surface area contributed by atoms with Gasteiger partial charge < -0.3 is 10.5 Å². The fourth-order valence-corrected chi connectivity index (χ4v) is 5.66. The molecule has 3 atom stereocenters. The number of aryl methyl sites for hydroxylation is 1. The summed E-state index contributed by atoms with van der Waals surface area (Å²) in [5, 5.41) is -0.566. The number of sulfone groups is 1. The molecule has 138 valence electrons. The van der Waals surface area contributed by atoms with E-state index >= 15 is 0 Å². The zero-order chi connectivity index (χ0) is 19.1. The highest BCUT2D eigenvalue weighted by Crippen LogP contribution is 2.56. The fraction of sp³-hybridized carbons (Fsp3) is 0.316. The molecule has 1 fully saturated rings. The van der Waals surface area contributed by atoms with Crippen LogP contribution in [0.2, 0.25) is 5.02 Å². The number of hydrogen-bond donors (Lipinski definition) is 1. The maximum Gasteiger partial charge on any atom is 0.328 e. The minimum Gasteiger partial charge on any atom is -0.465 e. The monoisotopic (exact) mass is 393 g/mol. The summed E-state index contributed by atoms with van der Waals surface area (Å²) in [6.07, 6.45) is 0. The molecule has 0 saturated heterocycles. The largest absolute Gasteiger partial charge is 0.465 e. The predicted molar refractivity (Wildman–Crippen MR) is 99.9 cm³/mol. The van der Waals surface area contributed by atoms with Crippen LogP contribution in [-0.4, -0.2) is 31.8 Å². The van der Waals surface area contributed by atoms with Gasteiger partial charge in [0.25, 0.3) is 0 Å². The van der Waals surface area contributed by atoms with Gasteiger partial charge in [-0.2, -0.15) is 0 Å². The molecule has 3 rings (SSSR count). The lowest BCUT2D eigenvalue weighted by Gasteiger charge is -2.11. The molecule has 1 aliphatic carbocycles. The van der Waals surface area contributed by atoms with E-state index in [-0.39, 0.29) is 11.5 Å². The third-order valence-electron chi connectivity index (χ3n) is 4.72. The van der Waals surface area contributed by atoms with Crippen molar-refractivity contribution in [2.75, 3.05) is 6.61 Å². The van der Waals surface area contributed by atoms with E-state index in [1.807, 2.05) is 6.92 Å². The molecule has 7 heteroatoms. The molecule has 5 nitrogen and oxygen atoms in total. The number of nitrogens with two attached hydrogens (primary N) is 1. The van der Waals surface area contributed by atoms with Crippen molar-refractivity contribution in [3.05, 3.63) is 64.7 Å². The topological polar surface area (TPSA) is 86.5 Å². The van der Waals surface area contributed by atoms with Crippen molar-refractivity contribution in [3.8, 4) is 0 Å². The summed E-state index contributed by atoms with van der Waals surface area (Å²) in [5.41, 5.74) is 6.27. The van der Waals surface area contributed by atoms with E-state index in [1.54, 1.807) is 43.3 Å². The molecule has 26 heavy (non-hydrogen) atoms. The molecule has 0 heterocycles. The average Bonchev–Trinajstić information content (AvgIpc) is 3.25. The summed E-state index contributed by atoms with van der Waals surface area (Å²) in [5.74, 6) is -1.40. The molecule has 0 radical (unpaired) electrons. The van der Waals surface area contributed by atoms with Gasteiger partial charge in [-0.15, -0.1) is 0 Å². The Balaban J connectivity index is 2.06. The highest BCUT2D eigenvalue weighted by molar-refractivity contribution is 7.92. The van der Waals surface area contributed by atoms with E-state index in [4.69, 9.17) is 22.1 Å². The Morgan fingerprint density at radius 3 is 2.27 bits per heavy atom. The molecule has 2 aromatic rings. The Morgan fingerprint density at radius 2 is 1.73 bits per heavy atom. The number of carbonyl (C=O) groups is 1. The molecular weight excluding hydrogens is 374 g/mol. The normalized spacial score (nSPS) is 24.9. The summed E-state index contributed by atoms with van der Waals surface area (Å²) >= 11 is 5.92. The first-order chi connectivity index (χ1) is 12.2. The van der Waals surface area contributed by atoms with Gasteiger partial charge in [-0.1, -0.05) is 41.4 Å². The number of ether oxygens (including phenoxy) is 1. The number of benzene rings is 2. The molecule has 0 bridgehead atoms. The van der Waals surface area contributed by atoms with E-state index in [2.05, 4.69) is 0 Å². The number of carbonyl (C=O) groups excluding carboxylic acids is 1. The lowest BCUT2D eigenvalue weighted by molar-refractivity contribution is -0.145. The lowest BCUT2D eigenvalue weighted by atomic mass is 10.1. The van der Waals surface area contributed by atoms with Crippen LogP contribution in [0.4, 0.5) is 0 Å². The van der Waals surface area contributed by atoms with Crippen LogP contribution < -0.4 is 5.73 Å². The Kier molecular flexibility index (Phi) is 4.86. The first-order valence-corrected chi connectivity index (χ1v) is 10.2. The van der Waals surface area contributed by atoms with Gasteiger partial charge >= 0.3 is 5.97 Å². The van der Waals surface area contributed by atoms with Crippen molar-refractivity contribution in [1.82, 2.24) is 0 Å². The molecule has 0 aliphatic heterocycles. The van der Waals surface area contributed by atoms with Crippen LogP contribution in [0.5, 0.6) is 0 Å². The van der Waals surface area contributed by atoms with Crippen LogP contribution in [0.25, 0.3) is 0 Å². The van der Waals surface area contributed by atoms with Crippen LogP contribution in [0, 0.1) is 6.92 Å².